The van der Waals surface area contributed by atoms with Crippen LogP contribution in [0.4, 0.5) is 0 Å². The quantitative estimate of drug-likeness (QED) is 0.517. The largest absolute Gasteiger partial charge is 0.126 e. The Kier molecular flexibility index (Phi) is 4.72. The molecular weight excluding hydrogens is 200 g/mol. The van der Waals surface area contributed by atoms with E-state index in [1.807, 2.05) is 11.8 Å². The summed E-state index contributed by atoms with van der Waals surface area (Å²) in [4.78, 5) is 1.41. The van der Waals surface area contributed by atoms with Gasteiger partial charge < -0.3 is 0 Å². The lowest BCUT2D eigenvalue weighted by atomic mass is 9.87. The molecule has 0 aliphatic carbocycles. The van der Waals surface area contributed by atoms with Gasteiger partial charge in [0.15, 0.2) is 0 Å². The van der Waals surface area contributed by atoms with Gasteiger partial charge in [0.1, 0.15) is 0 Å². The summed E-state index contributed by atoms with van der Waals surface area (Å²) in [5, 5.41) is 0. The maximum atomic E-state index is 2.33. The minimum absolute atomic E-state index is 0.265. The fraction of sp³-hybridized carbons (Fsp3) is 0.571. The third-order valence-electron chi connectivity index (χ3n) is 2.47. The van der Waals surface area contributed by atoms with Gasteiger partial charge in [-0.15, -0.1) is 11.8 Å². The summed E-state index contributed by atoms with van der Waals surface area (Å²) in [6.45, 7) is 9.04. The van der Waals surface area contributed by atoms with Crippen molar-refractivity contribution < 1.29 is 0 Å². The van der Waals surface area contributed by atoms with Crippen LogP contribution in [0.1, 0.15) is 46.1 Å². The van der Waals surface area contributed by atoms with E-state index >= 15 is 0 Å². The molecule has 0 N–H and O–H groups in total. The van der Waals surface area contributed by atoms with Gasteiger partial charge in [-0.1, -0.05) is 46.2 Å². The van der Waals surface area contributed by atoms with Crippen molar-refractivity contribution in [1.82, 2.24) is 0 Å². The van der Waals surface area contributed by atoms with Crippen LogP contribution in [0.15, 0.2) is 29.2 Å². The molecule has 0 amide bonds. The van der Waals surface area contributed by atoms with Crippen molar-refractivity contribution in [2.24, 2.45) is 0 Å². The summed E-state index contributed by atoms with van der Waals surface area (Å²) >= 11 is 1.98. The molecule has 0 radical (unpaired) electrons. The van der Waals surface area contributed by atoms with E-state index in [1.54, 1.807) is 0 Å². The lowest BCUT2D eigenvalue weighted by Gasteiger charge is -2.19. The summed E-state index contributed by atoms with van der Waals surface area (Å²) < 4.78 is 0. The third-order valence-corrected chi connectivity index (χ3v) is 3.55. The first-order valence-corrected chi connectivity index (χ1v) is 6.76. The van der Waals surface area contributed by atoms with E-state index in [-0.39, 0.29) is 5.41 Å². The van der Waals surface area contributed by atoms with Crippen molar-refractivity contribution in [2.45, 2.75) is 50.8 Å². The van der Waals surface area contributed by atoms with Gasteiger partial charge in [-0.3, -0.25) is 0 Å². The van der Waals surface area contributed by atoms with Gasteiger partial charge in [0.25, 0.3) is 0 Å². The topological polar surface area (TPSA) is 0 Å². The third kappa shape index (κ3) is 4.29. The Morgan fingerprint density at radius 2 is 1.93 bits per heavy atom. The van der Waals surface area contributed by atoms with Crippen LogP contribution >= 0.6 is 11.8 Å². The number of unbranched alkanes of at least 4 members (excludes halogenated alkanes) is 1. The zero-order valence-electron chi connectivity index (χ0n) is 10.3. The van der Waals surface area contributed by atoms with Crippen molar-refractivity contribution in [2.75, 3.05) is 5.75 Å². The Labute approximate surface area is 98.5 Å². The summed E-state index contributed by atoms with van der Waals surface area (Å²) in [6, 6.07) is 8.95. The first-order valence-electron chi connectivity index (χ1n) is 5.77. The molecule has 1 heteroatoms. The number of thioether (sulfide) groups is 1. The zero-order chi connectivity index (χ0) is 11.3. The molecule has 1 aromatic rings. The molecule has 84 valence electrons. The van der Waals surface area contributed by atoms with Crippen LogP contribution in [-0.2, 0) is 5.41 Å². The highest BCUT2D eigenvalue weighted by atomic mass is 32.2. The maximum Gasteiger partial charge on any atom is 0.00748 e. The molecule has 0 saturated heterocycles. The summed E-state index contributed by atoms with van der Waals surface area (Å²) in [6.07, 6.45) is 2.59. The highest BCUT2D eigenvalue weighted by Crippen LogP contribution is 2.27. The highest BCUT2D eigenvalue weighted by Gasteiger charge is 2.13. The second kappa shape index (κ2) is 5.60. The van der Waals surface area contributed by atoms with Gasteiger partial charge in [-0.05, 0) is 35.3 Å². The standard InChI is InChI=1S/C14H22S/c1-5-6-10-15-13-9-7-8-12(11-13)14(2,3)4/h7-9,11H,5-6,10H2,1-4H3. The van der Waals surface area contributed by atoms with Crippen LogP contribution in [0, 0.1) is 0 Å². The maximum absolute atomic E-state index is 2.33. The fourth-order valence-corrected chi connectivity index (χ4v) is 2.44. The molecule has 15 heavy (non-hydrogen) atoms. The van der Waals surface area contributed by atoms with Crippen molar-refractivity contribution in [3.05, 3.63) is 29.8 Å². The van der Waals surface area contributed by atoms with E-state index < -0.39 is 0 Å². The van der Waals surface area contributed by atoms with Gasteiger partial charge >= 0.3 is 0 Å². The molecule has 0 unspecified atom stereocenters. The summed E-state index contributed by atoms with van der Waals surface area (Å²) in [5.74, 6) is 1.24. The number of hydrogen-bond donors (Lipinski definition) is 0. The highest BCUT2D eigenvalue weighted by molar-refractivity contribution is 7.99. The Morgan fingerprint density at radius 1 is 1.20 bits per heavy atom. The molecule has 0 heterocycles. The molecule has 1 aromatic carbocycles. The van der Waals surface area contributed by atoms with Crippen LogP contribution in [0.2, 0.25) is 0 Å². The zero-order valence-corrected chi connectivity index (χ0v) is 11.2. The van der Waals surface area contributed by atoms with Gasteiger partial charge in [-0.25, -0.2) is 0 Å². The average molecular weight is 222 g/mol. The number of benzene rings is 1. The van der Waals surface area contributed by atoms with Gasteiger partial charge in [-0.2, -0.15) is 0 Å². The molecule has 0 nitrogen and oxygen atoms in total. The first kappa shape index (κ1) is 12.6. The molecule has 0 fully saturated rings. The monoisotopic (exact) mass is 222 g/mol. The Hall–Kier alpha value is -0.430. The van der Waals surface area contributed by atoms with Crippen LogP contribution in [-0.4, -0.2) is 5.75 Å². The fourth-order valence-electron chi connectivity index (χ4n) is 1.39. The lowest BCUT2D eigenvalue weighted by molar-refractivity contribution is 0.588. The molecule has 0 spiro atoms. The SMILES string of the molecule is CCCCSc1cccc(C(C)(C)C)c1. The van der Waals surface area contributed by atoms with Crippen LogP contribution in [0.5, 0.6) is 0 Å². The van der Waals surface area contributed by atoms with E-state index in [1.165, 1.54) is 29.1 Å². The smallest absolute Gasteiger partial charge is 0.00748 e. The van der Waals surface area contributed by atoms with Crippen molar-refractivity contribution in [3.63, 3.8) is 0 Å². The van der Waals surface area contributed by atoms with Crippen LogP contribution < -0.4 is 0 Å². The van der Waals surface area contributed by atoms with Gasteiger partial charge in [0.05, 0.1) is 0 Å². The minimum Gasteiger partial charge on any atom is -0.126 e. The number of rotatable bonds is 4. The van der Waals surface area contributed by atoms with E-state index in [4.69, 9.17) is 0 Å². The normalized spacial score (nSPS) is 11.7. The molecule has 1 rings (SSSR count). The molecule has 0 aliphatic heterocycles. The number of hydrogen-bond acceptors (Lipinski definition) is 1. The molecule has 0 bridgehead atoms. The van der Waals surface area contributed by atoms with Gasteiger partial charge in [0, 0.05) is 4.90 Å². The predicted octanol–water partition coefficient (Wildman–Crippen LogP) is 4.88. The molecular formula is C14H22S. The van der Waals surface area contributed by atoms with Gasteiger partial charge in [0.2, 0.25) is 0 Å². The van der Waals surface area contributed by atoms with Crippen molar-refractivity contribution >= 4 is 11.8 Å². The van der Waals surface area contributed by atoms with E-state index in [0.29, 0.717) is 0 Å². The predicted molar refractivity (Wildman–Crippen MR) is 70.8 cm³/mol. The van der Waals surface area contributed by atoms with Crippen molar-refractivity contribution in [3.8, 4) is 0 Å². The molecule has 0 aliphatic rings. The first-order chi connectivity index (χ1) is 7.04. The summed E-state index contributed by atoms with van der Waals surface area (Å²) in [5.41, 5.74) is 1.70. The minimum atomic E-state index is 0.265. The summed E-state index contributed by atoms with van der Waals surface area (Å²) in [7, 11) is 0. The molecule has 0 atom stereocenters. The van der Waals surface area contributed by atoms with Crippen LogP contribution in [0.3, 0.4) is 0 Å². The average Bonchev–Trinajstić information content (AvgIpc) is 2.17. The second-order valence-electron chi connectivity index (χ2n) is 4.98. The van der Waals surface area contributed by atoms with E-state index in [0.717, 1.165) is 0 Å². The Bertz CT molecular complexity index is 296. The van der Waals surface area contributed by atoms with Crippen molar-refractivity contribution in [1.29, 1.82) is 0 Å². The van der Waals surface area contributed by atoms with Crippen LogP contribution in [0.25, 0.3) is 0 Å². The van der Waals surface area contributed by atoms with E-state index in [9.17, 15) is 0 Å². The second-order valence-corrected chi connectivity index (χ2v) is 6.15. The Morgan fingerprint density at radius 3 is 2.53 bits per heavy atom. The van der Waals surface area contributed by atoms with E-state index in [2.05, 4.69) is 52.0 Å². The Balaban J connectivity index is 2.66. The lowest BCUT2D eigenvalue weighted by Crippen LogP contribution is -2.10. The molecule has 0 aromatic heterocycles. The molecule has 0 saturated carbocycles.